The zero-order chi connectivity index (χ0) is 27.1. The topological polar surface area (TPSA) is 83.1 Å². The van der Waals surface area contributed by atoms with Crippen molar-refractivity contribution in [3.8, 4) is 17.4 Å². The van der Waals surface area contributed by atoms with Crippen LogP contribution in [0.1, 0.15) is 40.9 Å². The van der Waals surface area contributed by atoms with Gasteiger partial charge < -0.3 is 14.3 Å². The number of benzene rings is 4. The van der Waals surface area contributed by atoms with Gasteiger partial charge >= 0.3 is 0 Å². The van der Waals surface area contributed by atoms with Crippen molar-refractivity contribution in [1.82, 2.24) is 19.6 Å². The van der Waals surface area contributed by atoms with E-state index in [0.29, 0.717) is 17.4 Å². The second-order valence-corrected chi connectivity index (χ2v) is 9.58. The Morgan fingerprint density at radius 3 is 2.55 bits per heavy atom. The molecule has 1 unspecified atom stereocenters. The fourth-order valence-electron chi connectivity index (χ4n) is 5.26. The lowest BCUT2D eigenvalue weighted by Crippen LogP contribution is -2.15. The van der Waals surface area contributed by atoms with Gasteiger partial charge in [-0.15, -0.1) is 5.10 Å². The summed E-state index contributed by atoms with van der Waals surface area (Å²) in [5, 5.41) is 11.1. The van der Waals surface area contributed by atoms with Crippen LogP contribution >= 0.6 is 0 Å². The molecule has 0 spiro atoms. The van der Waals surface area contributed by atoms with Gasteiger partial charge in [0.05, 0.1) is 18.4 Å². The third-order valence-electron chi connectivity index (χ3n) is 7.18. The molecule has 40 heavy (non-hydrogen) atoms. The van der Waals surface area contributed by atoms with Gasteiger partial charge in [-0.3, -0.25) is 0 Å². The van der Waals surface area contributed by atoms with Crippen LogP contribution in [-0.4, -0.2) is 32.4 Å². The number of hydrogen-bond donors (Lipinski definition) is 0. The highest BCUT2D eigenvalue weighted by molar-refractivity contribution is 5.98. The Hall–Kier alpha value is -5.24. The van der Waals surface area contributed by atoms with Crippen LogP contribution in [0.2, 0.25) is 0 Å². The molecule has 0 fully saturated rings. The highest BCUT2D eigenvalue weighted by atomic mass is 16.6. The third kappa shape index (κ3) is 4.10. The van der Waals surface area contributed by atoms with Crippen molar-refractivity contribution in [2.24, 2.45) is 5.16 Å². The molecule has 8 heteroatoms. The summed E-state index contributed by atoms with van der Waals surface area (Å²) in [5.41, 5.74) is 5.41. The van der Waals surface area contributed by atoms with Crippen molar-refractivity contribution < 1.29 is 14.3 Å². The SMILES string of the molecule is COc1ccc(C2c3c(ccc4ccccc34)Oc3ncn4nc(CON=C(C)c5ccccc5)nc4c32)cc1. The van der Waals surface area contributed by atoms with Crippen LogP contribution in [0.3, 0.4) is 0 Å². The maximum Gasteiger partial charge on any atom is 0.228 e. The molecule has 4 aromatic carbocycles. The monoisotopic (exact) mass is 527 g/mol. The minimum absolute atomic E-state index is 0.119. The molecule has 0 aliphatic carbocycles. The minimum atomic E-state index is -0.191. The highest BCUT2D eigenvalue weighted by Gasteiger charge is 2.34. The van der Waals surface area contributed by atoms with Crippen molar-refractivity contribution in [3.63, 3.8) is 0 Å². The number of methoxy groups -OCH3 is 1. The van der Waals surface area contributed by atoms with Gasteiger partial charge in [0.2, 0.25) is 5.88 Å². The van der Waals surface area contributed by atoms with Gasteiger partial charge in [0.15, 0.2) is 18.1 Å². The summed E-state index contributed by atoms with van der Waals surface area (Å²) in [6, 6.07) is 30.4. The Morgan fingerprint density at radius 2 is 1.73 bits per heavy atom. The smallest absolute Gasteiger partial charge is 0.228 e. The number of hydrogen-bond acceptors (Lipinski definition) is 7. The lowest BCUT2D eigenvalue weighted by atomic mass is 9.81. The van der Waals surface area contributed by atoms with Crippen molar-refractivity contribution in [1.29, 1.82) is 0 Å². The molecule has 0 N–H and O–H groups in total. The maximum atomic E-state index is 6.39. The fourth-order valence-corrected chi connectivity index (χ4v) is 5.26. The van der Waals surface area contributed by atoms with Crippen molar-refractivity contribution in [2.75, 3.05) is 7.11 Å². The molecule has 0 radical (unpaired) electrons. The molecule has 196 valence electrons. The Bertz CT molecular complexity index is 1880. The van der Waals surface area contributed by atoms with E-state index in [2.05, 4.69) is 45.6 Å². The van der Waals surface area contributed by atoms with Crippen LogP contribution in [0.25, 0.3) is 16.4 Å². The van der Waals surface area contributed by atoms with Crippen LogP contribution in [0.15, 0.2) is 102 Å². The lowest BCUT2D eigenvalue weighted by molar-refractivity contribution is 0.125. The van der Waals surface area contributed by atoms with E-state index in [9.17, 15) is 0 Å². The number of fused-ring (bicyclic) bond motifs is 6. The predicted molar refractivity (Wildman–Crippen MR) is 152 cm³/mol. The Balaban J connectivity index is 1.33. The summed E-state index contributed by atoms with van der Waals surface area (Å²) < 4.78 is 13.5. The van der Waals surface area contributed by atoms with Gasteiger partial charge in [0.25, 0.3) is 0 Å². The van der Waals surface area contributed by atoms with Crippen LogP contribution in [0.5, 0.6) is 17.4 Å². The summed E-state index contributed by atoms with van der Waals surface area (Å²) in [6.45, 7) is 2.03. The Morgan fingerprint density at radius 1 is 0.925 bits per heavy atom. The van der Waals surface area contributed by atoms with Gasteiger partial charge in [0, 0.05) is 11.5 Å². The second kappa shape index (κ2) is 9.81. The van der Waals surface area contributed by atoms with E-state index in [0.717, 1.165) is 50.2 Å². The number of aromatic nitrogens is 4. The maximum absolute atomic E-state index is 6.39. The van der Waals surface area contributed by atoms with E-state index >= 15 is 0 Å². The van der Waals surface area contributed by atoms with Crippen LogP contribution in [0.4, 0.5) is 0 Å². The van der Waals surface area contributed by atoms with Crippen LogP contribution in [0, 0.1) is 0 Å². The zero-order valence-corrected chi connectivity index (χ0v) is 22.0. The first kappa shape index (κ1) is 23.8. The average Bonchev–Trinajstić information content (AvgIpc) is 3.43. The van der Waals surface area contributed by atoms with E-state index < -0.39 is 0 Å². The first-order valence-corrected chi connectivity index (χ1v) is 13.0. The molecule has 6 aromatic rings. The van der Waals surface area contributed by atoms with E-state index in [1.54, 1.807) is 18.0 Å². The Labute approximate surface area is 230 Å². The normalized spacial score (nSPS) is 14.4. The molecule has 0 amide bonds. The molecule has 8 nitrogen and oxygen atoms in total. The van der Waals surface area contributed by atoms with E-state index in [1.165, 1.54) is 0 Å². The molecule has 7 rings (SSSR count). The van der Waals surface area contributed by atoms with Crippen molar-refractivity contribution in [3.05, 3.63) is 125 Å². The van der Waals surface area contributed by atoms with Gasteiger partial charge in [-0.1, -0.05) is 78.0 Å². The first-order valence-electron chi connectivity index (χ1n) is 13.0. The molecular weight excluding hydrogens is 502 g/mol. The average molecular weight is 528 g/mol. The molecule has 0 bridgehead atoms. The van der Waals surface area contributed by atoms with Crippen molar-refractivity contribution >= 4 is 22.1 Å². The van der Waals surface area contributed by atoms with Crippen LogP contribution in [-0.2, 0) is 11.4 Å². The largest absolute Gasteiger partial charge is 0.497 e. The van der Waals surface area contributed by atoms with E-state index in [-0.39, 0.29) is 12.5 Å². The molecule has 2 aromatic heterocycles. The summed E-state index contributed by atoms with van der Waals surface area (Å²) >= 11 is 0. The zero-order valence-electron chi connectivity index (χ0n) is 22.0. The van der Waals surface area contributed by atoms with Gasteiger partial charge in [-0.2, -0.15) is 0 Å². The number of nitrogens with zero attached hydrogens (tertiary/aromatic N) is 5. The fraction of sp³-hybridized carbons (Fsp3) is 0.125. The highest BCUT2D eigenvalue weighted by Crippen LogP contribution is 2.50. The van der Waals surface area contributed by atoms with Crippen LogP contribution < -0.4 is 9.47 Å². The number of ether oxygens (including phenoxy) is 2. The standard InChI is InChI=1S/C32H25N5O3/c1-20(21-8-4-3-5-9-21)36-39-18-27-34-31-30-28(23-12-15-24(38-2)16-13-23)29-25-11-7-6-10-22(25)14-17-26(29)40-32(30)33-19-37(31)35-27/h3-17,19,28H,18H2,1-2H3. The predicted octanol–water partition coefficient (Wildman–Crippen LogP) is 6.51. The van der Waals surface area contributed by atoms with Gasteiger partial charge in [-0.25, -0.2) is 14.5 Å². The van der Waals surface area contributed by atoms with Gasteiger partial charge in [0.1, 0.15) is 17.8 Å². The Kier molecular flexibility index (Phi) is 5.85. The van der Waals surface area contributed by atoms with Crippen molar-refractivity contribution in [2.45, 2.75) is 19.4 Å². The van der Waals surface area contributed by atoms with Gasteiger partial charge in [-0.05, 0) is 47.0 Å². The number of oxime groups is 1. The molecule has 1 aliphatic rings. The second-order valence-electron chi connectivity index (χ2n) is 9.58. The quantitative estimate of drug-likeness (QED) is 0.181. The molecule has 3 heterocycles. The molecular formula is C32H25N5O3. The first-order chi connectivity index (χ1) is 19.7. The lowest BCUT2D eigenvalue weighted by Gasteiger charge is -2.29. The van der Waals surface area contributed by atoms with E-state index in [1.807, 2.05) is 67.6 Å². The molecule has 0 saturated heterocycles. The van der Waals surface area contributed by atoms with E-state index in [4.69, 9.17) is 19.3 Å². The number of rotatable bonds is 6. The third-order valence-corrected chi connectivity index (χ3v) is 7.18. The summed E-state index contributed by atoms with van der Waals surface area (Å²) in [6.07, 6.45) is 1.63. The molecule has 0 saturated carbocycles. The minimum Gasteiger partial charge on any atom is -0.497 e. The molecule has 1 atom stereocenters. The summed E-state index contributed by atoms with van der Waals surface area (Å²) in [5.74, 6) is 2.38. The molecule has 1 aliphatic heterocycles. The summed E-state index contributed by atoms with van der Waals surface area (Å²) in [4.78, 5) is 15.2. The summed E-state index contributed by atoms with van der Waals surface area (Å²) in [7, 11) is 1.67.